The molecule has 0 bridgehead atoms. The Morgan fingerprint density at radius 1 is 1.27 bits per heavy atom. The molecule has 2 aromatic rings. The quantitative estimate of drug-likeness (QED) is 0.233. The first-order chi connectivity index (χ1) is 14.1. The molecule has 1 atom stereocenters. The van der Waals surface area contributed by atoms with E-state index in [1.165, 1.54) is 0 Å². The molecule has 3 rings (SSSR count). The van der Waals surface area contributed by atoms with Gasteiger partial charge in [-0.15, -0.1) is 34.2 Å². The molecule has 30 heavy (non-hydrogen) atoms. The summed E-state index contributed by atoms with van der Waals surface area (Å²) in [6, 6.07) is 8.42. The van der Waals surface area contributed by atoms with E-state index in [9.17, 15) is 0 Å². The smallest absolute Gasteiger partial charge is 0.192 e. The van der Waals surface area contributed by atoms with Crippen LogP contribution in [-0.4, -0.2) is 67.2 Å². The fraction of sp³-hybridized carbons (Fsp3) is 0.550. The second-order valence-corrected chi connectivity index (χ2v) is 7.05. The van der Waals surface area contributed by atoms with Gasteiger partial charge in [-0.1, -0.05) is 12.1 Å². The van der Waals surface area contributed by atoms with Gasteiger partial charge in [0.1, 0.15) is 18.1 Å². The second-order valence-electron chi connectivity index (χ2n) is 7.05. The molecule has 2 heterocycles. The predicted molar refractivity (Wildman–Crippen MR) is 129 cm³/mol. The Kier molecular flexibility index (Phi) is 9.63. The molecule has 1 aliphatic rings. The zero-order chi connectivity index (χ0) is 20.6. The van der Waals surface area contributed by atoms with E-state index in [1.54, 1.807) is 14.2 Å². The van der Waals surface area contributed by atoms with Crippen molar-refractivity contribution in [1.29, 1.82) is 0 Å². The molecule has 1 saturated heterocycles. The first-order valence-electron chi connectivity index (χ1n) is 9.89. The first kappa shape index (κ1) is 24.2. The molecule has 0 spiro atoms. The molecule has 166 valence electrons. The number of hydrogen-bond donors (Lipinski definition) is 2. The lowest BCUT2D eigenvalue weighted by Gasteiger charge is -2.22. The van der Waals surface area contributed by atoms with Crippen molar-refractivity contribution in [2.75, 3.05) is 45.4 Å². The first-order valence-corrected chi connectivity index (χ1v) is 9.89. The van der Waals surface area contributed by atoms with Crippen molar-refractivity contribution >= 4 is 35.6 Å². The minimum absolute atomic E-state index is 0. The Balaban J connectivity index is 0.00000320. The van der Waals surface area contributed by atoms with E-state index >= 15 is 0 Å². The summed E-state index contributed by atoms with van der Waals surface area (Å²) in [5.74, 6) is 3.37. The molecular formula is C20H32IN7O2. The molecule has 1 aromatic carbocycles. The van der Waals surface area contributed by atoms with Crippen LogP contribution in [0.3, 0.4) is 0 Å². The van der Waals surface area contributed by atoms with Gasteiger partial charge in [0.2, 0.25) is 0 Å². The van der Waals surface area contributed by atoms with Crippen LogP contribution in [0.5, 0.6) is 5.75 Å². The van der Waals surface area contributed by atoms with Crippen molar-refractivity contribution in [3.63, 3.8) is 0 Å². The van der Waals surface area contributed by atoms with Crippen LogP contribution in [0.2, 0.25) is 0 Å². The summed E-state index contributed by atoms with van der Waals surface area (Å²) in [4.78, 5) is 7.05. The number of anilines is 1. The summed E-state index contributed by atoms with van der Waals surface area (Å²) in [7, 11) is 5.35. The minimum atomic E-state index is 0. The monoisotopic (exact) mass is 529 g/mol. The van der Waals surface area contributed by atoms with E-state index in [0.29, 0.717) is 19.7 Å². The fourth-order valence-corrected chi connectivity index (χ4v) is 3.34. The lowest BCUT2D eigenvalue weighted by Crippen LogP contribution is -2.45. The predicted octanol–water partition coefficient (Wildman–Crippen LogP) is 1.71. The number of guanidine groups is 1. The Bertz CT molecular complexity index is 827. The molecule has 1 fully saturated rings. The average Bonchev–Trinajstić information content (AvgIpc) is 3.33. The summed E-state index contributed by atoms with van der Waals surface area (Å²) in [6.07, 6.45) is 1.02. The van der Waals surface area contributed by atoms with Crippen molar-refractivity contribution < 1.29 is 9.47 Å². The highest BCUT2D eigenvalue weighted by atomic mass is 127. The molecule has 1 aliphatic heterocycles. The second kappa shape index (κ2) is 11.9. The van der Waals surface area contributed by atoms with Crippen molar-refractivity contribution in [1.82, 2.24) is 25.4 Å². The summed E-state index contributed by atoms with van der Waals surface area (Å²) in [6.45, 7) is 5.54. The molecule has 0 radical (unpaired) electrons. The summed E-state index contributed by atoms with van der Waals surface area (Å²) < 4.78 is 12.6. The average molecular weight is 529 g/mol. The van der Waals surface area contributed by atoms with E-state index in [1.807, 2.05) is 36.7 Å². The van der Waals surface area contributed by atoms with Crippen molar-refractivity contribution in [3.05, 3.63) is 35.9 Å². The highest BCUT2D eigenvalue weighted by Crippen LogP contribution is 2.30. The third-order valence-corrected chi connectivity index (χ3v) is 5.11. The normalized spacial score (nSPS) is 16.3. The molecule has 0 saturated carbocycles. The number of nitrogens with zero attached hydrogens (tertiary/aromatic N) is 5. The molecule has 2 N–H and O–H groups in total. The molecule has 0 aliphatic carbocycles. The van der Waals surface area contributed by atoms with Crippen LogP contribution in [0.25, 0.3) is 0 Å². The number of nitrogens with one attached hydrogen (secondary N) is 2. The van der Waals surface area contributed by atoms with Gasteiger partial charge in [-0.25, -0.2) is 4.99 Å². The number of hydrogen-bond acceptors (Lipinski definition) is 6. The van der Waals surface area contributed by atoms with Crippen LogP contribution in [0.15, 0.2) is 29.3 Å². The van der Waals surface area contributed by atoms with Gasteiger partial charge in [0, 0.05) is 39.8 Å². The van der Waals surface area contributed by atoms with E-state index in [-0.39, 0.29) is 30.0 Å². The van der Waals surface area contributed by atoms with Crippen LogP contribution in [0.1, 0.15) is 18.1 Å². The maximum absolute atomic E-state index is 5.51. The maximum atomic E-state index is 5.51. The summed E-state index contributed by atoms with van der Waals surface area (Å²) in [5.41, 5.74) is 1.12. The van der Waals surface area contributed by atoms with Gasteiger partial charge in [-0.05, 0) is 25.5 Å². The highest BCUT2D eigenvalue weighted by Gasteiger charge is 2.25. The van der Waals surface area contributed by atoms with Gasteiger partial charge >= 0.3 is 0 Å². The Morgan fingerprint density at radius 3 is 2.77 bits per heavy atom. The molecular weight excluding hydrogens is 497 g/mol. The van der Waals surface area contributed by atoms with Crippen molar-refractivity contribution in [2.24, 2.45) is 12.0 Å². The number of halogens is 1. The van der Waals surface area contributed by atoms with E-state index in [4.69, 9.17) is 14.5 Å². The van der Waals surface area contributed by atoms with Crippen molar-refractivity contribution in [3.8, 4) is 5.75 Å². The fourth-order valence-electron chi connectivity index (χ4n) is 3.34. The molecule has 9 nitrogen and oxygen atoms in total. The Hall–Kier alpha value is -2.08. The van der Waals surface area contributed by atoms with Gasteiger partial charge in [0.05, 0.1) is 19.4 Å². The Morgan fingerprint density at radius 2 is 2.07 bits per heavy atom. The number of benzene rings is 1. The minimum Gasteiger partial charge on any atom is -0.495 e. The van der Waals surface area contributed by atoms with Gasteiger partial charge in [0.25, 0.3) is 0 Å². The highest BCUT2D eigenvalue weighted by molar-refractivity contribution is 14.0. The number of para-hydroxylation sites is 2. The molecule has 1 aromatic heterocycles. The molecule has 10 heteroatoms. The van der Waals surface area contributed by atoms with Crippen molar-refractivity contribution in [2.45, 2.75) is 25.9 Å². The molecule has 0 amide bonds. The zero-order valence-electron chi connectivity index (χ0n) is 18.1. The van der Waals surface area contributed by atoms with Gasteiger partial charge in [-0.3, -0.25) is 0 Å². The van der Waals surface area contributed by atoms with Gasteiger partial charge < -0.3 is 29.6 Å². The largest absolute Gasteiger partial charge is 0.495 e. The number of aromatic nitrogens is 3. The maximum Gasteiger partial charge on any atom is 0.192 e. The Labute approximate surface area is 195 Å². The lowest BCUT2D eigenvalue weighted by molar-refractivity contribution is 0.203. The van der Waals surface area contributed by atoms with E-state index < -0.39 is 0 Å². The third kappa shape index (κ3) is 6.21. The zero-order valence-corrected chi connectivity index (χ0v) is 20.4. The van der Waals surface area contributed by atoms with E-state index in [2.05, 4.69) is 31.8 Å². The van der Waals surface area contributed by atoms with Crippen LogP contribution in [-0.2, 0) is 18.3 Å². The van der Waals surface area contributed by atoms with Crippen LogP contribution in [0.4, 0.5) is 5.69 Å². The molecule has 1 unspecified atom stereocenters. The SMILES string of the molecule is COCCNC(=NCc1nnc(C)n1C)NC1CCN(c2ccccc2OC)C1.I. The third-order valence-electron chi connectivity index (χ3n) is 5.11. The van der Waals surface area contributed by atoms with Crippen LogP contribution >= 0.6 is 24.0 Å². The number of ether oxygens (including phenoxy) is 2. The van der Waals surface area contributed by atoms with Gasteiger partial charge in [0.15, 0.2) is 11.8 Å². The van der Waals surface area contributed by atoms with Crippen LogP contribution in [0, 0.1) is 6.92 Å². The number of aliphatic imine (C=N–C) groups is 1. The number of methoxy groups -OCH3 is 2. The van der Waals surface area contributed by atoms with Gasteiger partial charge in [-0.2, -0.15) is 0 Å². The topological polar surface area (TPSA) is 88.8 Å². The van der Waals surface area contributed by atoms with Crippen LogP contribution < -0.4 is 20.3 Å². The lowest BCUT2D eigenvalue weighted by atomic mass is 10.2. The number of aryl methyl sites for hydroxylation is 1. The summed E-state index contributed by atoms with van der Waals surface area (Å²) in [5, 5.41) is 15.2. The number of rotatable bonds is 8. The standard InChI is InChI=1S/C20H31N7O2.HI/c1-15-24-25-19(26(15)2)13-22-20(21-10-12-28-3)23-16-9-11-27(14-16)17-7-5-6-8-18(17)29-4;/h5-8,16H,9-14H2,1-4H3,(H2,21,22,23);1H. The summed E-state index contributed by atoms with van der Waals surface area (Å²) >= 11 is 0. The van der Waals surface area contributed by atoms with E-state index in [0.717, 1.165) is 48.6 Å².